The van der Waals surface area contributed by atoms with Crippen molar-refractivity contribution in [2.75, 3.05) is 18.0 Å². The number of amidine groups is 2. The van der Waals surface area contributed by atoms with Crippen molar-refractivity contribution in [2.45, 2.75) is 18.4 Å². The maximum Gasteiger partial charge on any atom is 0.280 e. The van der Waals surface area contributed by atoms with E-state index in [1.807, 2.05) is 24.3 Å². The van der Waals surface area contributed by atoms with Crippen molar-refractivity contribution < 1.29 is 5.41 Å². The van der Waals surface area contributed by atoms with E-state index in [-0.39, 0.29) is 5.54 Å². The maximum atomic E-state index is 6.10. The molecular weight excluding hydrogens is 414 g/mol. The number of hydrogen-bond acceptors (Lipinski definition) is 3. The molecule has 1 spiro atoms. The highest BCUT2D eigenvalue weighted by Gasteiger charge is 2.60. The van der Waals surface area contributed by atoms with E-state index in [0.29, 0.717) is 5.84 Å². The maximum absolute atomic E-state index is 6.10. The Bertz CT molecular complexity index is 1130. The number of benzene rings is 2. The molecule has 1 aromatic heterocycles. The number of piperidine rings is 1. The van der Waals surface area contributed by atoms with Crippen LogP contribution < -0.4 is 21.4 Å². The lowest BCUT2D eigenvalue weighted by Gasteiger charge is -2.22. The highest BCUT2D eigenvalue weighted by molar-refractivity contribution is 7.12. The van der Waals surface area contributed by atoms with Gasteiger partial charge in [0, 0.05) is 10.7 Å². The van der Waals surface area contributed by atoms with Gasteiger partial charge in [-0.1, -0.05) is 23.7 Å². The molecule has 0 unspecified atom stereocenters. The minimum absolute atomic E-state index is 0.00753. The van der Waals surface area contributed by atoms with Crippen LogP contribution in [-0.4, -0.2) is 30.3 Å². The van der Waals surface area contributed by atoms with Crippen LogP contribution in [0, 0.1) is 0 Å². The van der Waals surface area contributed by atoms with Crippen LogP contribution in [0.5, 0.6) is 0 Å². The minimum atomic E-state index is 0.00753. The third-order valence-corrected chi connectivity index (χ3v) is 7.05. The second kappa shape index (κ2) is 7.54. The molecule has 30 heavy (non-hydrogen) atoms. The van der Waals surface area contributed by atoms with Crippen LogP contribution in [0.25, 0.3) is 11.1 Å². The van der Waals surface area contributed by atoms with Gasteiger partial charge in [0.05, 0.1) is 5.69 Å². The van der Waals surface area contributed by atoms with Gasteiger partial charge >= 0.3 is 0 Å². The normalized spacial score (nSPS) is 18.7. The summed E-state index contributed by atoms with van der Waals surface area (Å²) < 4.78 is 0. The fraction of sp³-hybridized carbons (Fsp3) is 0.217. The highest BCUT2D eigenvalue weighted by Crippen LogP contribution is 2.48. The number of rotatable bonds is 4. The van der Waals surface area contributed by atoms with Gasteiger partial charge in [-0.3, -0.25) is 11.1 Å². The molecule has 3 aromatic rings. The van der Waals surface area contributed by atoms with Crippen molar-refractivity contribution >= 4 is 46.0 Å². The number of nitrogens with zero attached hydrogens (tertiary/aromatic N) is 2. The summed E-state index contributed by atoms with van der Waals surface area (Å²) in [5.41, 5.74) is 10.1. The number of thiophene rings is 1. The number of nitrogens with one attached hydrogen (secondary N) is 1. The van der Waals surface area contributed by atoms with Crippen LogP contribution in [0.3, 0.4) is 0 Å². The number of anilines is 1. The predicted octanol–water partition coefficient (Wildman–Crippen LogP) is 3.21. The smallest absolute Gasteiger partial charge is 0.280 e. The first kappa shape index (κ1) is 19.3. The molecule has 2 aliphatic heterocycles. The van der Waals surface area contributed by atoms with Crippen molar-refractivity contribution in [2.24, 2.45) is 10.7 Å². The van der Waals surface area contributed by atoms with Crippen molar-refractivity contribution in [1.29, 1.82) is 0 Å². The highest BCUT2D eigenvalue weighted by atomic mass is 35.5. The minimum Gasteiger partial charge on any atom is -0.317 e. The van der Waals surface area contributed by atoms with Gasteiger partial charge < -0.3 is 10.2 Å². The summed E-state index contributed by atoms with van der Waals surface area (Å²) in [6.45, 7) is 2.00. The third kappa shape index (κ3) is 3.41. The predicted molar refractivity (Wildman–Crippen MR) is 126 cm³/mol. The van der Waals surface area contributed by atoms with Gasteiger partial charge in [-0.2, -0.15) is 0 Å². The largest absolute Gasteiger partial charge is 0.317 e. The van der Waals surface area contributed by atoms with E-state index in [0.717, 1.165) is 64.2 Å². The summed E-state index contributed by atoms with van der Waals surface area (Å²) in [5, 5.41) is 12.0. The number of halogens is 1. The summed E-state index contributed by atoms with van der Waals surface area (Å²) >= 11 is 7.65. The Balaban J connectivity index is 1.49. The zero-order chi connectivity index (χ0) is 20.7. The summed E-state index contributed by atoms with van der Waals surface area (Å²) in [6, 6.07) is 18.4. The van der Waals surface area contributed by atoms with E-state index in [1.165, 1.54) is 0 Å². The zero-order valence-electron chi connectivity index (χ0n) is 16.4. The van der Waals surface area contributed by atoms with Gasteiger partial charge in [-0.05, 0) is 84.9 Å². The average molecular weight is 437 g/mol. The molecule has 152 valence electrons. The van der Waals surface area contributed by atoms with E-state index in [4.69, 9.17) is 27.7 Å². The molecule has 0 atom stereocenters. The molecule has 0 amide bonds. The Labute approximate surface area is 184 Å². The van der Waals surface area contributed by atoms with E-state index in [2.05, 4.69) is 45.9 Å². The van der Waals surface area contributed by atoms with Gasteiger partial charge in [0.15, 0.2) is 0 Å². The Morgan fingerprint density at radius 3 is 2.57 bits per heavy atom. The molecule has 2 aromatic carbocycles. The van der Waals surface area contributed by atoms with E-state index in [1.54, 1.807) is 11.3 Å². The molecule has 0 bridgehead atoms. The van der Waals surface area contributed by atoms with Crippen LogP contribution in [0.1, 0.15) is 17.7 Å². The lowest BCUT2D eigenvalue weighted by Crippen LogP contribution is -2.45. The Morgan fingerprint density at radius 1 is 1.10 bits per heavy atom. The number of aliphatic imine (C=N–C) groups is 1. The van der Waals surface area contributed by atoms with Crippen molar-refractivity contribution in [3.63, 3.8) is 0 Å². The van der Waals surface area contributed by atoms with E-state index in [9.17, 15) is 0 Å². The second-order valence-corrected chi connectivity index (χ2v) is 9.08. The Morgan fingerprint density at radius 2 is 1.87 bits per heavy atom. The molecule has 2 fully saturated rings. The molecule has 0 aliphatic carbocycles. The first-order chi connectivity index (χ1) is 14.6. The second-order valence-electron chi connectivity index (χ2n) is 7.73. The lowest BCUT2D eigenvalue weighted by molar-refractivity contribution is -0.113. The van der Waals surface area contributed by atoms with Gasteiger partial charge in [-0.25, -0.2) is 4.99 Å². The molecule has 2 aliphatic rings. The number of hydrogen-bond donors (Lipinski definition) is 3. The lowest BCUT2D eigenvalue weighted by atomic mass is 9.97. The van der Waals surface area contributed by atoms with E-state index >= 15 is 0 Å². The standard InChI is InChI=1S/C23H22ClN5S/c24-17-4-6-19(7-5-17)29-22(23(29)8-10-27-11-9-23)28-18-3-1-2-15(12-18)16-13-20(21(25)26)30-14-16/h1-7,12-14,27H,8-11H2,(H3,25,26)/p+1. The Hall–Kier alpha value is -2.67. The summed E-state index contributed by atoms with van der Waals surface area (Å²) in [5.74, 6) is 1.49. The van der Waals surface area contributed by atoms with Crippen LogP contribution in [0.4, 0.5) is 11.4 Å². The van der Waals surface area contributed by atoms with Crippen LogP contribution in [0.2, 0.25) is 5.02 Å². The van der Waals surface area contributed by atoms with E-state index < -0.39 is 0 Å². The van der Waals surface area contributed by atoms with Crippen LogP contribution in [-0.2, 0) is 0 Å². The molecule has 3 heterocycles. The fourth-order valence-corrected chi connectivity index (χ4v) is 5.14. The van der Waals surface area contributed by atoms with Crippen LogP contribution in [0.15, 0.2) is 65.0 Å². The molecule has 0 saturated carbocycles. The SMILES string of the molecule is NC(=[NH2+])c1cc(-c2cccc(N=C3N(c4ccc(Cl)cc4)C34CCNCC4)c2)cs1. The zero-order valence-corrected chi connectivity index (χ0v) is 18.0. The summed E-state index contributed by atoms with van der Waals surface area (Å²) in [4.78, 5) is 8.35. The number of nitrogens with two attached hydrogens (primary N) is 2. The quantitative estimate of drug-likeness (QED) is 0.334. The topological polar surface area (TPSA) is 79.0 Å². The first-order valence-electron chi connectivity index (χ1n) is 10.00. The van der Waals surface area contributed by atoms with Gasteiger partial charge in [0.1, 0.15) is 16.3 Å². The monoisotopic (exact) mass is 436 g/mol. The third-order valence-electron chi connectivity index (χ3n) is 5.82. The summed E-state index contributed by atoms with van der Waals surface area (Å²) in [7, 11) is 0. The molecule has 2 saturated heterocycles. The first-order valence-corrected chi connectivity index (χ1v) is 11.3. The summed E-state index contributed by atoms with van der Waals surface area (Å²) in [6.07, 6.45) is 2.10. The molecule has 5 nitrogen and oxygen atoms in total. The van der Waals surface area contributed by atoms with Crippen LogP contribution >= 0.6 is 22.9 Å². The molecule has 5 rings (SSSR count). The van der Waals surface area contributed by atoms with Crippen molar-refractivity contribution in [3.8, 4) is 11.1 Å². The van der Waals surface area contributed by atoms with Gasteiger partial charge in [-0.15, -0.1) is 11.3 Å². The van der Waals surface area contributed by atoms with Crippen molar-refractivity contribution in [3.05, 3.63) is 69.9 Å². The molecule has 7 heteroatoms. The Kier molecular flexibility index (Phi) is 4.85. The molecule has 0 radical (unpaired) electrons. The van der Waals surface area contributed by atoms with Crippen molar-refractivity contribution in [1.82, 2.24) is 5.32 Å². The van der Waals surface area contributed by atoms with Gasteiger partial charge in [0.25, 0.3) is 5.84 Å². The molecule has 5 N–H and O–H groups in total. The average Bonchev–Trinajstić information content (AvgIpc) is 3.12. The molecular formula is C23H23ClN5S+. The van der Waals surface area contributed by atoms with Gasteiger partial charge in [0.2, 0.25) is 0 Å². The fourth-order valence-electron chi connectivity index (χ4n) is 4.22.